The summed E-state index contributed by atoms with van der Waals surface area (Å²) in [6.45, 7) is 2.00. The first kappa shape index (κ1) is 24.6. The van der Waals surface area contributed by atoms with Gasteiger partial charge in [-0.25, -0.2) is 24.8 Å². The average molecular weight is 453 g/mol. The number of amides is 5. The minimum Gasteiger partial charge on any atom is -0.446 e. The van der Waals surface area contributed by atoms with Gasteiger partial charge >= 0.3 is 18.0 Å². The number of ether oxygens (including phenoxy) is 1. The summed E-state index contributed by atoms with van der Waals surface area (Å²) in [6.07, 6.45) is 10.1. The predicted octanol–water partition coefficient (Wildman–Crippen LogP) is 3.74. The van der Waals surface area contributed by atoms with Crippen LogP contribution in [0.1, 0.15) is 84.0 Å². The Balaban J connectivity index is 1.75. The zero-order valence-electron chi connectivity index (χ0n) is 19.2. The zero-order chi connectivity index (χ0) is 23.1. The van der Waals surface area contributed by atoms with Crippen LogP contribution in [-0.2, 0) is 14.3 Å². The van der Waals surface area contributed by atoms with Crippen molar-refractivity contribution in [2.45, 2.75) is 96.1 Å². The quantitative estimate of drug-likeness (QED) is 0.263. The van der Waals surface area contributed by atoms with E-state index in [1.165, 1.54) is 0 Å². The Kier molecular flexibility index (Phi) is 8.64. The van der Waals surface area contributed by atoms with Crippen molar-refractivity contribution in [3.8, 4) is 0 Å². The number of imide groups is 2. The van der Waals surface area contributed by atoms with E-state index in [1.807, 2.05) is 6.92 Å². The highest BCUT2D eigenvalue weighted by Gasteiger charge is 2.55. The normalized spacial score (nSPS) is 27.6. The lowest BCUT2D eigenvalue weighted by Gasteiger charge is -2.36. The molecule has 3 rings (SSSR count). The molecule has 0 bridgehead atoms. The molecule has 9 nitrogen and oxygen atoms in total. The van der Waals surface area contributed by atoms with E-state index < -0.39 is 22.5 Å². The largest absolute Gasteiger partial charge is 0.446 e. The van der Waals surface area contributed by atoms with Crippen LogP contribution in [-0.4, -0.2) is 64.4 Å². The lowest BCUT2D eigenvalue weighted by atomic mass is 9.91. The molecule has 1 unspecified atom stereocenters. The number of hydroxylamine groups is 2. The number of rotatable bonds is 7. The standard InChI is InChI=1S/C23H37N3O6/c1-17-8-7-13-26(17,22(29)24-23(30)32-20-11-3-2-4-12-20)21(28)19(15-25(31)16-27)14-18-9-5-6-10-18/h16-20,31H,2-15H2,1H3/p+1/t17-,19-,26?/m1/s1. The maximum atomic E-state index is 13.8. The van der Waals surface area contributed by atoms with Crippen molar-refractivity contribution >= 4 is 24.4 Å². The van der Waals surface area contributed by atoms with Gasteiger partial charge in [-0.05, 0) is 44.9 Å². The maximum Gasteiger partial charge on any atom is 0.433 e. The van der Waals surface area contributed by atoms with Crippen LogP contribution in [0.15, 0.2) is 0 Å². The predicted molar refractivity (Wildman–Crippen MR) is 115 cm³/mol. The Morgan fingerprint density at radius 2 is 1.72 bits per heavy atom. The highest BCUT2D eigenvalue weighted by atomic mass is 16.6. The van der Waals surface area contributed by atoms with E-state index in [1.54, 1.807) is 0 Å². The number of hydrogen-bond donors (Lipinski definition) is 2. The summed E-state index contributed by atoms with van der Waals surface area (Å²) in [5, 5.41) is 12.7. The summed E-state index contributed by atoms with van der Waals surface area (Å²) < 4.78 is 4.96. The molecule has 2 saturated carbocycles. The molecule has 0 aromatic heterocycles. The molecule has 3 atom stereocenters. The number of nitrogens with zero attached hydrogens (tertiary/aromatic N) is 2. The summed E-state index contributed by atoms with van der Waals surface area (Å²) in [7, 11) is 0. The van der Waals surface area contributed by atoms with Gasteiger partial charge in [0.15, 0.2) is 0 Å². The van der Waals surface area contributed by atoms with Gasteiger partial charge in [-0.3, -0.25) is 10.0 Å². The highest BCUT2D eigenvalue weighted by molar-refractivity contribution is 5.93. The van der Waals surface area contributed by atoms with Crippen LogP contribution < -0.4 is 5.32 Å². The minimum atomic E-state index is -0.796. The molecule has 0 radical (unpaired) electrons. The summed E-state index contributed by atoms with van der Waals surface area (Å²) in [6, 6.07) is -0.952. The first-order valence-corrected chi connectivity index (χ1v) is 12.2. The second-order valence-electron chi connectivity index (χ2n) is 9.83. The topological polar surface area (TPSA) is 113 Å². The van der Waals surface area contributed by atoms with Gasteiger partial charge in [-0.1, -0.05) is 32.1 Å². The number of quaternary nitrogens is 1. The van der Waals surface area contributed by atoms with Gasteiger partial charge in [-0.15, -0.1) is 0 Å². The third-order valence-corrected chi connectivity index (χ3v) is 7.65. The SMILES string of the molecule is C[C@@H]1CCC[N+]1(C(=O)NC(=O)OC1CCCCC1)C(=O)[C@H](CC1CCCC1)CN(O)C=O. The van der Waals surface area contributed by atoms with Crippen molar-refractivity contribution in [3.63, 3.8) is 0 Å². The van der Waals surface area contributed by atoms with E-state index in [0.717, 1.165) is 57.8 Å². The third kappa shape index (κ3) is 5.67. The Morgan fingerprint density at radius 3 is 2.31 bits per heavy atom. The van der Waals surface area contributed by atoms with Crippen LogP contribution >= 0.6 is 0 Å². The van der Waals surface area contributed by atoms with Gasteiger partial charge < -0.3 is 4.74 Å². The molecule has 0 aromatic carbocycles. The number of likely N-dealkylation sites (tertiary alicyclic amines) is 1. The summed E-state index contributed by atoms with van der Waals surface area (Å²) >= 11 is 0. The molecule has 180 valence electrons. The van der Waals surface area contributed by atoms with E-state index in [4.69, 9.17) is 4.74 Å². The van der Waals surface area contributed by atoms with E-state index >= 15 is 0 Å². The van der Waals surface area contributed by atoms with Crippen LogP contribution in [0, 0.1) is 11.8 Å². The Bertz CT molecular complexity index is 689. The first-order chi connectivity index (χ1) is 15.4. The van der Waals surface area contributed by atoms with Crippen LogP contribution in [0.4, 0.5) is 9.59 Å². The van der Waals surface area contributed by atoms with Crippen molar-refractivity contribution in [2.75, 3.05) is 13.1 Å². The minimum absolute atomic E-state index is 0.147. The lowest BCUT2D eigenvalue weighted by molar-refractivity contribution is -0.786. The zero-order valence-corrected chi connectivity index (χ0v) is 19.2. The molecular weight excluding hydrogens is 414 g/mol. The maximum absolute atomic E-state index is 13.8. The second-order valence-corrected chi connectivity index (χ2v) is 9.83. The van der Waals surface area contributed by atoms with Gasteiger partial charge in [0.2, 0.25) is 6.41 Å². The molecule has 5 amide bonds. The Morgan fingerprint density at radius 1 is 1.06 bits per heavy atom. The van der Waals surface area contributed by atoms with E-state index in [-0.39, 0.29) is 31.0 Å². The van der Waals surface area contributed by atoms with Crippen LogP contribution in [0.2, 0.25) is 0 Å². The molecule has 1 heterocycles. The van der Waals surface area contributed by atoms with Crippen LogP contribution in [0.25, 0.3) is 0 Å². The Labute approximate surface area is 190 Å². The number of carbonyl (C=O) groups excluding carboxylic acids is 4. The average Bonchev–Trinajstić information content (AvgIpc) is 3.43. The van der Waals surface area contributed by atoms with Gasteiger partial charge in [0.25, 0.3) is 0 Å². The molecule has 1 aliphatic heterocycles. The summed E-state index contributed by atoms with van der Waals surface area (Å²) in [4.78, 5) is 50.7. The van der Waals surface area contributed by atoms with Crippen LogP contribution in [0.3, 0.4) is 0 Å². The first-order valence-electron chi connectivity index (χ1n) is 12.2. The van der Waals surface area contributed by atoms with E-state index in [2.05, 4.69) is 5.32 Å². The fourth-order valence-electron chi connectivity index (χ4n) is 5.85. The summed E-state index contributed by atoms with van der Waals surface area (Å²) in [5.74, 6) is -0.666. The molecular formula is C23H38N3O6+. The molecule has 0 spiro atoms. The smallest absolute Gasteiger partial charge is 0.433 e. The van der Waals surface area contributed by atoms with Crippen molar-refractivity contribution in [1.82, 2.24) is 10.4 Å². The molecule has 9 heteroatoms. The lowest BCUT2D eigenvalue weighted by Crippen LogP contribution is -2.65. The van der Waals surface area contributed by atoms with Gasteiger partial charge in [0, 0.05) is 12.8 Å². The number of urea groups is 1. The van der Waals surface area contributed by atoms with Crippen molar-refractivity contribution < 1.29 is 33.6 Å². The van der Waals surface area contributed by atoms with Gasteiger partial charge in [0.05, 0.1) is 19.0 Å². The fraction of sp³-hybridized carbons (Fsp3) is 0.826. The van der Waals surface area contributed by atoms with Crippen LogP contribution in [0.5, 0.6) is 0 Å². The number of alkyl carbamates (subject to hydrolysis) is 1. The molecule has 0 aromatic rings. The molecule has 2 N–H and O–H groups in total. The molecule has 2 aliphatic carbocycles. The highest BCUT2D eigenvalue weighted by Crippen LogP contribution is 2.36. The van der Waals surface area contributed by atoms with Gasteiger partial charge in [0.1, 0.15) is 12.1 Å². The summed E-state index contributed by atoms with van der Waals surface area (Å²) in [5.41, 5.74) is 0. The van der Waals surface area contributed by atoms with Crippen molar-refractivity contribution in [2.24, 2.45) is 11.8 Å². The van der Waals surface area contributed by atoms with E-state index in [0.29, 0.717) is 36.8 Å². The molecule has 1 saturated heterocycles. The third-order valence-electron chi connectivity index (χ3n) is 7.65. The van der Waals surface area contributed by atoms with Crippen molar-refractivity contribution in [1.29, 1.82) is 0 Å². The fourth-order valence-corrected chi connectivity index (χ4v) is 5.85. The number of nitrogens with one attached hydrogen (secondary N) is 1. The number of hydrogen-bond acceptors (Lipinski definition) is 6. The monoisotopic (exact) mass is 452 g/mol. The molecule has 32 heavy (non-hydrogen) atoms. The van der Waals surface area contributed by atoms with Gasteiger partial charge in [-0.2, -0.15) is 4.48 Å². The number of carbonyl (C=O) groups is 4. The second kappa shape index (κ2) is 11.2. The van der Waals surface area contributed by atoms with Crippen molar-refractivity contribution in [3.05, 3.63) is 0 Å². The molecule has 3 aliphatic rings. The van der Waals surface area contributed by atoms with E-state index in [9.17, 15) is 24.4 Å². The Hall–Kier alpha value is -2.00. The molecule has 3 fully saturated rings.